The van der Waals surface area contributed by atoms with Crippen molar-refractivity contribution in [1.82, 2.24) is 9.78 Å². The second-order valence-corrected chi connectivity index (χ2v) is 6.88. The van der Waals surface area contributed by atoms with Crippen LogP contribution in [0.1, 0.15) is 36.7 Å². The number of amides is 1. The molecular weight excluding hydrogens is 408 g/mol. The van der Waals surface area contributed by atoms with Crippen molar-refractivity contribution in [2.45, 2.75) is 32.7 Å². The van der Waals surface area contributed by atoms with Gasteiger partial charge in [0.15, 0.2) is 23.9 Å². The van der Waals surface area contributed by atoms with Crippen LogP contribution in [0.2, 0.25) is 0 Å². The van der Waals surface area contributed by atoms with Gasteiger partial charge >= 0.3 is 5.97 Å². The van der Waals surface area contributed by atoms with Gasteiger partial charge in [-0.05, 0) is 24.6 Å². The summed E-state index contributed by atoms with van der Waals surface area (Å²) in [5, 5.41) is 7.12. The van der Waals surface area contributed by atoms with Gasteiger partial charge in [-0.3, -0.25) is 9.59 Å². The van der Waals surface area contributed by atoms with Crippen LogP contribution in [0.4, 0.5) is 14.5 Å². The molecule has 0 fully saturated rings. The number of fused-ring (bicyclic) bond motifs is 1. The number of aryl methyl sites for hydroxylation is 1. The van der Waals surface area contributed by atoms with E-state index in [0.29, 0.717) is 17.3 Å². The van der Waals surface area contributed by atoms with Crippen molar-refractivity contribution in [3.63, 3.8) is 0 Å². The van der Waals surface area contributed by atoms with E-state index in [1.54, 1.807) is 24.3 Å². The molecule has 0 radical (unpaired) electrons. The Balaban J connectivity index is 1.76. The van der Waals surface area contributed by atoms with E-state index < -0.39 is 30.1 Å². The number of benzene rings is 2. The van der Waals surface area contributed by atoms with Gasteiger partial charge in [-0.1, -0.05) is 38.0 Å². The molecule has 7 nitrogen and oxygen atoms in total. The van der Waals surface area contributed by atoms with Crippen LogP contribution >= 0.6 is 0 Å². The summed E-state index contributed by atoms with van der Waals surface area (Å²) in [5.74, 6) is -3.77. The van der Waals surface area contributed by atoms with E-state index in [0.717, 1.165) is 31.4 Å². The number of rotatable bonds is 8. The molecule has 0 saturated carbocycles. The fourth-order valence-corrected chi connectivity index (χ4v) is 3.02. The molecule has 2 aromatic carbocycles. The Morgan fingerprint density at radius 1 is 1.06 bits per heavy atom. The summed E-state index contributed by atoms with van der Waals surface area (Å²) in [4.78, 5) is 37.3. The zero-order valence-electron chi connectivity index (χ0n) is 16.9. The number of nitrogens with zero attached hydrogens (tertiary/aromatic N) is 2. The average molecular weight is 429 g/mol. The molecule has 9 heteroatoms. The molecule has 1 aromatic heterocycles. The third kappa shape index (κ3) is 5.30. The number of nitrogens with one attached hydrogen (secondary N) is 1. The number of carbonyl (C=O) groups excluding carboxylic acids is 2. The normalized spacial score (nSPS) is 10.8. The van der Waals surface area contributed by atoms with Gasteiger partial charge in [-0.15, -0.1) is 0 Å². The molecule has 0 unspecified atom stereocenters. The number of esters is 1. The number of unbranched alkanes of at least 4 members (excludes halogenated alkanes) is 2. The summed E-state index contributed by atoms with van der Waals surface area (Å²) in [5.41, 5.74) is -0.361. The standard InChI is InChI=1S/C22H21F2N3O4/c1-2-3-6-11-27-21(29)16-8-5-4-7-15(16)20(26-27)22(30)31-13-19(28)25-14-9-10-17(23)18(24)12-14/h4-5,7-10,12H,2-3,6,11,13H2,1H3,(H,25,28). The highest BCUT2D eigenvalue weighted by Crippen LogP contribution is 2.15. The molecular formula is C22H21F2N3O4. The molecule has 0 aliphatic carbocycles. The zero-order valence-corrected chi connectivity index (χ0v) is 16.9. The van der Waals surface area contributed by atoms with Crippen LogP contribution in [0.5, 0.6) is 0 Å². The summed E-state index contributed by atoms with van der Waals surface area (Å²) in [6, 6.07) is 9.40. The molecule has 0 spiro atoms. The predicted octanol–water partition coefficient (Wildman–Crippen LogP) is 3.66. The smallest absolute Gasteiger partial charge is 0.359 e. The lowest BCUT2D eigenvalue weighted by atomic mass is 10.1. The quantitative estimate of drug-likeness (QED) is 0.436. The first kappa shape index (κ1) is 22.1. The Bertz CT molecular complexity index is 1180. The molecule has 0 aliphatic heterocycles. The van der Waals surface area contributed by atoms with Crippen LogP contribution in [-0.2, 0) is 16.1 Å². The van der Waals surface area contributed by atoms with Crippen LogP contribution < -0.4 is 10.9 Å². The molecule has 162 valence electrons. The second-order valence-electron chi connectivity index (χ2n) is 6.88. The fraction of sp³-hybridized carbons (Fsp3) is 0.273. The van der Waals surface area contributed by atoms with Crippen LogP contribution in [0, 0.1) is 11.6 Å². The van der Waals surface area contributed by atoms with Crippen molar-refractivity contribution >= 4 is 28.3 Å². The lowest BCUT2D eigenvalue weighted by molar-refractivity contribution is -0.119. The van der Waals surface area contributed by atoms with Crippen LogP contribution in [0.25, 0.3) is 10.8 Å². The lowest BCUT2D eigenvalue weighted by Crippen LogP contribution is -2.28. The highest BCUT2D eigenvalue weighted by atomic mass is 19.2. The number of carbonyl (C=O) groups is 2. The average Bonchev–Trinajstić information content (AvgIpc) is 2.76. The monoisotopic (exact) mass is 429 g/mol. The Kier molecular flexibility index (Phi) is 7.07. The maximum atomic E-state index is 13.2. The molecule has 0 atom stereocenters. The lowest BCUT2D eigenvalue weighted by Gasteiger charge is -2.11. The van der Waals surface area contributed by atoms with Gasteiger partial charge in [0.05, 0.1) is 5.39 Å². The summed E-state index contributed by atoms with van der Waals surface area (Å²) in [6.45, 7) is 1.72. The van der Waals surface area contributed by atoms with Gasteiger partial charge in [0.25, 0.3) is 11.5 Å². The summed E-state index contributed by atoms with van der Waals surface area (Å²) in [6.07, 6.45) is 2.60. The summed E-state index contributed by atoms with van der Waals surface area (Å²) in [7, 11) is 0. The second kappa shape index (κ2) is 9.92. The number of hydrogen-bond donors (Lipinski definition) is 1. The van der Waals surface area contributed by atoms with E-state index in [1.165, 1.54) is 10.7 Å². The largest absolute Gasteiger partial charge is 0.451 e. The van der Waals surface area contributed by atoms with E-state index >= 15 is 0 Å². The zero-order chi connectivity index (χ0) is 22.4. The minimum absolute atomic E-state index is 0.0213. The Labute approximate surface area is 176 Å². The highest BCUT2D eigenvalue weighted by molar-refractivity contribution is 6.03. The maximum Gasteiger partial charge on any atom is 0.359 e. The summed E-state index contributed by atoms with van der Waals surface area (Å²) >= 11 is 0. The SMILES string of the molecule is CCCCCn1nc(C(=O)OCC(=O)Nc2ccc(F)c(F)c2)c2ccccc2c1=O. The van der Waals surface area contributed by atoms with Crippen molar-refractivity contribution in [2.75, 3.05) is 11.9 Å². The minimum atomic E-state index is -1.12. The Morgan fingerprint density at radius 3 is 2.52 bits per heavy atom. The molecule has 0 bridgehead atoms. The van der Waals surface area contributed by atoms with Gasteiger partial charge in [0, 0.05) is 23.7 Å². The first-order chi connectivity index (χ1) is 14.9. The van der Waals surface area contributed by atoms with Crippen molar-refractivity contribution in [3.8, 4) is 0 Å². The van der Waals surface area contributed by atoms with Crippen molar-refractivity contribution < 1.29 is 23.1 Å². The van der Waals surface area contributed by atoms with Gasteiger partial charge in [0.2, 0.25) is 0 Å². The van der Waals surface area contributed by atoms with Crippen LogP contribution in [0.15, 0.2) is 47.3 Å². The van der Waals surface area contributed by atoms with Gasteiger partial charge in [-0.25, -0.2) is 18.3 Å². The molecule has 0 aliphatic rings. The van der Waals surface area contributed by atoms with Crippen LogP contribution in [-0.4, -0.2) is 28.3 Å². The fourth-order valence-electron chi connectivity index (χ4n) is 3.02. The Morgan fingerprint density at radius 2 is 1.81 bits per heavy atom. The number of aromatic nitrogens is 2. The third-order valence-corrected chi connectivity index (χ3v) is 4.57. The molecule has 3 rings (SSSR count). The third-order valence-electron chi connectivity index (χ3n) is 4.57. The van der Waals surface area contributed by atoms with Crippen molar-refractivity contribution in [3.05, 3.63) is 70.1 Å². The molecule has 0 saturated heterocycles. The first-order valence-electron chi connectivity index (χ1n) is 9.82. The topological polar surface area (TPSA) is 90.3 Å². The first-order valence-corrected chi connectivity index (χ1v) is 9.82. The maximum absolute atomic E-state index is 13.2. The number of halogens is 2. The molecule has 3 aromatic rings. The van der Waals surface area contributed by atoms with Crippen LogP contribution in [0.3, 0.4) is 0 Å². The van der Waals surface area contributed by atoms with E-state index in [9.17, 15) is 23.2 Å². The molecule has 1 heterocycles. The summed E-state index contributed by atoms with van der Waals surface area (Å²) < 4.78 is 32.5. The number of ether oxygens (including phenoxy) is 1. The Hall–Kier alpha value is -3.62. The predicted molar refractivity (Wildman–Crippen MR) is 111 cm³/mol. The van der Waals surface area contributed by atoms with E-state index in [-0.39, 0.29) is 16.9 Å². The van der Waals surface area contributed by atoms with E-state index in [4.69, 9.17) is 4.74 Å². The van der Waals surface area contributed by atoms with Gasteiger partial charge in [-0.2, -0.15) is 5.10 Å². The van der Waals surface area contributed by atoms with E-state index in [2.05, 4.69) is 10.4 Å². The number of hydrogen-bond acceptors (Lipinski definition) is 5. The van der Waals surface area contributed by atoms with Crippen molar-refractivity contribution in [1.29, 1.82) is 0 Å². The molecule has 31 heavy (non-hydrogen) atoms. The van der Waals surface area contributed by atoms with Gasteiger partial charge < -0.3 is 10.1 Å². The number of anilines is 1. The van der Waals surface area contributed by atoms with Gasteiger partial charge in [0.1, 0.15) is 0 Å². The molecule has 1 amide bonds. The van der Waals surface area contributed by atoms with Crippen molar-refractivity contribution in [2.24, 2.45) is 0 Å². The highest BCUT2D eigenvalue weighted by Gasteiger charge is 2.19. The minimum Gasteiger partial charge on any atom is -0.451 e. The van der Waals surface area contributed by atoms with E-state index in [1.807, 2.05) is 6.92 Å². The molecule has 1 N–H and O–H groups in total.